The van der Waals surface area contributed by atoms with Crippen LogP contribution in [0.4, 0.5) is 5.69 Å². The zero-order chi connectivity index (χ0) is 16.5. The monoisotopic (exact) mass is 320 g/mol. The fourth-order valence-corrected chi connectivity index (χ4v) is 3.01. The molecule has 1 atom stereocenters. The Morgan fingerprint density at radius 3 is 2.79 bits per heavy atom. The van der Waals surface area contributed by atoms with Crippen LogP contribution in [0.1, 0.15) is 33.9 Å². The van der Waals surface area contributed by atoms with E-state index >= 15 is 0 Å². The van der Waals surface area contributed by atoms with Crippen molar-refractivity contribution in [2.45, 2.75) is 18.9 Å². The molecule has 1 aliphatic rings. The molecular weight excluding hydrogens is 304 g/mol. The first kappa shape index (κ1) is 14.5. The van der Waals surface area contributed by atoms with Gasteiger partial charge in [0.2, 0.25) is 0 Å². The summed E-state index contributed by atoms with van der Waals surface area (Å²) in [6.45, 7) is 0. The summed E-state index contributed by atoms with van der Waals surface area (Å²) in [5.74, 6) is 0.442. The lowest BCUT2D eigenvalue weighted by atomic mass is 10.0. The number of hydrogen-bond donors (Lipinski definition) is 2. The van der Waals surface area contributed by atoms with Crippen LogP contribution in [0.3, 0.4) is 0 Å². The molecule has 1 amide bonds. The van der Waals surface area contributed by atoms with Crippen molar-refractivity contribution in [1.82, 2.24) is 20.0 Å². The van der Waals surface area contributed by atoms with Crippen LogP contribution in [0, 0.1) is 0 Å². The number of nitrogens with zero attached hydrogens (tertiary/aromatic N) is 4. The highest BCUT2D eigenvalue weighted by Crippen LogP contribution is 2.31. The maximum atomic E-state index is 12.6. The summed E-state index contributed by atoms with van der Waals surface area (Å²) in [6.07, 6.45) is 6.47. The second kappa shape index (κ2) is 5.86. The van der Waals surface area contributed by atoms with Crippen LogP contribution in [0.25, 0.3) is 5.82 Å². The van der Waals surface area contributed by atoms with Gasteiger partial charge < -0.3 is 11.1 Å². The highest BCUT2D eigenvalue weighted by molar-refractivity contribution is 6.05. The summed E-state index contributed by atoms with van der Waals surface area (Å²) in [4.78, 5) is 18.3. The molecule has 0 saturated heterocycles. The van der Waals surface area contributed by atoms with Crippen molar-refractivity contribution >= 4 is 11.6 Å². The number of nitrogens with two attached hydrogens (primary N) is 1. The molecule has 24 heavy (non-hydrogen) atoms. The average molecular weight is 320 g/mol. The molecule has 0 saturated carbocycles. The summed E-state index contributed by atoms with van der Waals surface area (Å²) in [6, 6.07) is 9.26. The van der Waals surface area contributed by atoms with E-state index in [4.69, 9.17) is 5.73 Å². The van der Waals surface area contributed by atoms with Gasteiger partial charge in [0.15, 0.2) is 5.82 Å². The Kier molecular flexibility index (Phi) is 3.55. The van der Waals surface area contributed by atoms with Gasteiger partial charge in [0.1, 0.15) is 0 Å². The number of fused-ring (bicyclic) bond motifs is 1. The van der Waals surface area contributed by atoms with Gasteiger partial charge >= 0.3 is 0 Å². The zero-order valence-corrected chi connectivity index (χ0v) is 12.9. The SMILES string of the molecule is NC1CCc2c(C(=O)Nc3ccc(-n4nccn4)nc3)cccc21. The molecule has 120 valence electrons. The van der Waals surface area contributed by atoms with Gasteiger partial charge in [0.25, 0.3) is 5.91 Å². The topological polar surface area (TPSA) is 98.7 Å². The zero-order valence-electron chi connectivity index (χ0n) is 12.9. The number of amides is 1. The minimum atomic E-state index is -0.146. The first-order valence-electron chi connectivity index (χ1n) is 7.74. The molecule has 1 aliphatic carbocycles. The van der Waals surface area contributed by atoms with Gasteiger partial charge in [-0.3, -0.25) is 4.79 Å². The Morgan fingerprint density at radius 2 is 2.04 bits per heavy atom. The number of pyridine rings is 1. The van der Waals surface area contributed by atoms with Gasteiger partial charge in [-0.25, -0.2) is 4.98 Å². The smallest absolute Gasteiger partial charge is 0.255 e. The summed E-state index contributed by atoms with van der Waals surface area (Å²) in [7, 11) is 0. The van der Waals surface area contributed by atoms with E-state index < -0.39 is 0 Å². The summed E-state index contributed by atoms with van der Waals surface area (Å²) >= 11 is 0. The van der Waals surface area contributed by atoms with Crippen LogP contribution < -0.4 is 11.1 Å². The first-order valence-corrected chi connectivity index (χ1v) is 7.74. The highest BCUT2D eigenvalue weighted by Gasteiger charge is 2.24. The highest BCUT2D eigenvalue weighted by atomic mass is 16.1. The molecule has 0 spiro atoms. The minimum absolute atomic E-state index is 0.0234. The lowest BCUT2D eigenvalue weighted by Gasteiger charge is -2.10. The van der Waals surface area contributed by atoms with E-state index in [1.807, 2.05) is 18.2 Å². The van der Waals surface area contributed by atoms with Gasteiger partial charge in [-0.05, 0) is 42.2 Å². The largest absolute Gasteiger partial charge is 0.324 e. The number of nitrogens with one attached hydrogen (secondary N) is 1. The van der Waals surface area contributed by atoms with Crippen molar-refractivity contribution in [3.63, 3.8) is 0 Å². The number of anilines is 1. The Morgan fingerprint density at radius 1 is 1.21 bits per heavy atom. The van der Waals surface area contributed by atoms with Gasteiger partial charge in [-0.1, -0.05) is 12.1 Å². The summed E-state index contributed by atoms with van der Waals surface area (Å²) in [5, 5.41) is 10.9. The van der Waals surface area contributed by atoms with Crippen molar-refractivity contribution in [1.29, 1.82) is 0 Å². The van der Waals surface area contributed by atoms with Crippen LogP contribution in [0.5, 0.6) is 0 Å². The molecule has 7 nitrogen and oxygen atoms in total. The predicted octanol–water partition coefficient (Wildman–Crippen LogP) is 1.86. The molecule has 3 aromatic rings. The van der Waals surface area contributed by atoms with Gasteiger partial charge in [0.05, 0.1) is 24.3 Å². The van der Waals surface area contributed by atoms with E-state index in [9.17, 15) is 4.79 Å². The summed E-state index contributed by atoms with van der Waals surface area (Å²) < 4.78 is 0. The van der Waals surface area contributed by atoms with Crippen molar-refractivity contribution < 1.29 is 4.79 Å². The molecule has 0 radical (unpaired) electrons. The average Bonchev–Trinajstić information content (AvgIpc) is 3.26. The van der Waals surface area contributed by atoms with E-state index in [0.717, 1.165) is 24.0 Å². The van der Waals surface area contributed by atoms with Crippen LogP contribution in [0.15, 0.2) is 48.9 Å². The van der Waals surface area contributed by atoms with Gasteiger partial charge in [-0.15, -0.1) is 4.80 Å². The maximum absolute atomic E-state index is 12.6. The van der Waals surface area contributed by atoms with Crippen LogP contribution in [-0.4, -0.2) is 25.9 Å². The third-order valence-electron chi connectivity index (χ3n) is 4.19. The van der Waals surface area contributed by atoms with E-state index in [0.29, 0.717) is 17.1 Å². The molecule has 3 N–H and O–H groups in total. The molecule has 2 aromatic heterocycles. The lowest BCUT2D eigenvalue weighted by molar-refractivity contribution is 0.102. The molecule has 7 heteroatoms. The fourth-order valence-electron chi connectivity index (χ4n) is 3.01. The predicted molar refractivity (Wildman–Crippen MR) is 88.8 cm³/mol. The number of hydrogen-bond acceptors (Lipinski definition) is 5. The Bertz CT molecular complexity index is 873. The van der Waals surface area contributed by atoms with Gasteiger partial charge in [0, 0.05) is 11.6 Å². The quantitative estimate of drug-likeness (QED) is 0.767. The van der Waals surface area contributed by atoms with E-state index in [-0.39, 0.29) is 11.9 Å². The maximum Gasteiger partial charge on any atom is 0.255 e. The number of benzene rings is 1. The molecular formula is C17H16N6O. The summed E-state index contributed by atoms with van der Waals surface area (Å²) in [5.41, 5.74) is 9.49. The standard InChI is InChI=1S/C17H16N6O/c18-15-6-5-12-13(15)2-1-3-14(12)17(24)22-11-4-7-16(19-10-11)23-20-8-9-21-23/h1-4,7-10,15H,5-6,18H2,(H,22,24). The Labute approximate surface area is 138 Å². The molecule has 2 heterocycles. The van der Waals surface area contributed by atoms with Crippen LogP contribution in [0.2, 0.25) is 0 Å². The number of carbonyl (C=O) groups is 1. The Hall–Kier alpha value is -3.06. The molecule has 0 aliphatic heterocycles. The lowest BCUT2D eigenvalue weighted by Crippen LogP contribution is -2.15. The third-order valence-corrected chi connectivity index (χ3v) is 4.19. The van der Waals surface area contributed by atoms with E-state index in [1.165, 1.54) is 4.80 Å². The molecule has 0 bridgehead atoms. The fraction of sp³-hybridized carbons (Fsp3) is 0.176. The third kappa shape index (κ3) is 2.55. The number of rotatable bonds is 3. The number of carbonyl (C=O) groups excluding carboxylic acids is 1. The van der Waals surface area contributed by atoms with E-state index in [1.54, 1.807) is 30.7 Å². The first-order chi connectivity index (χ1) is 11.7. The van der Waals surface area contributed by atoms with Crippen LogP contribution >= 0.6 is 0 Å². The van der Waals surface area contributed by atoms with Crippen molar-refractivity contribution in [3.05, 3.63) is 65.6 Å². The normalized spacial score (nSPS) is 16.0. The molecule has 1 aromatic carbocycles. The van der Waals surface area contributed by atoms with Crippen molar-refractivity contribution in [3.8, 4) is 5.82 Å². The van der Waals surface area contributed by atoms with Crippen molar-refractivity contribution in [2.75, 3.05) is 5.32 Å². The molecule has 1 unspecified atom stereocenters. The number of aromatic nitrogens is 4. The van der Waals surface area contributed by atoms with E-state index in [2.05, 4.69) is 20.5 Å². The van der Waals surface area contributed by atoms with Crippen LogP contribution in [-0.2, 0) is 6.42 Å². The molecule has 0 fully saturated rings. The second-order valence-electron chi connectivity index (χ2n) is 5.70. The van der Waals surface area contributed by atoms with Crippen molar-refractivity contribution in [2.24, 2.45) is 5.73 Å². The second-order valence-corrected chi connectivity index (χ2v) is 5.70. The minimum Gasteiger partial charge on any atom is -0.324 e. The van der Waals surface area contributed by atoms with Gasteiger partial charge in [-0.2, -0.15) is 10.2 Å². The Balaban J connectivity index is 1.55. The molecule has 4 rings (SSSR count).